The summed E-state index contributed by atoms with van der Waals surface area (Å²) in [6.45, 7) is 0. The summed E-state index contributed by atoms with van der Waals surface area (Å²) < 4.78 is 5.57. The number of anilines is 1. The minimum absolute atomic E-state index is 0.142. The van der Waals surface area contributed by atoms with E-state index in [2.05, 4.69) is 9.97 Å². The highest BCUT2D eigenvalue weighted by molar-refractivity contribution is 5.84. The maximum atomic E-state index is 11.0. The Labute approximate surface area is 119 Å². The molecule has 0 amide bonds. The lowest BCUT2D eigenvalue weighted by atomic mass is 10.2. The number of pyridine rings is 2. The Morgan fingerprint density at radius 2 is 1.95 bits per heavy atom. The lowest BCUT2D eigenvalue weighted by Gasteiger charge is -2.08. The highest BCUT2D eigenvalue weighted by atomic mass is 16.6. The molecule has 0 atom stereocenters. The predicted octanol–water partition coefficient (Wildman–Crippen LogP) is 2.91. The van der Waals surface area contributed by atoms with Crippen molar-refractivity contribution in [2.45, 2.75) is 0 Å². The second kappa shape index (κ2) is 5.04. The van der Waals surface area contributed by atoms with E-state index in [0.29, 0.717) is 11.3 Å². The third-order valence-electron chi connectivity index (χ3n) is 2.86. The summed E-state index contributed by atoms with van der Waals surface area (Å²) in [5, 5.41) is 11.9. The second-order valence-electron chi connectivity index (χ2n) is 4.25. The number of nitrogen functional groups attached to an aromatic ring is 1. The summed E-state index contributed by atoms with van der Waals surface area (Å²) >= 11 is 0. The lowest BCUT2D eigenvalue weighted by molar-refractivity contribution is -0.386. The maximum Gasteiger partial charge on any atom is 0.331 e. The summed E-state index contributed by atoms with van der Waals surface area (Å²) in [5.41, 5.74) is 5.91. The van der Waals surface area contributed by atoms with Gasteiger partial charge < -0.3 is 10.5 Å². The van der Waals surface area contributed by atoms with Crippen LogP contribution in [0.5, 0.6) is 11.6 Å². The van der Waals surface area contributed by atoms with Crippen molar-refractivity contribution in [3.05, 3.63) is 58.8 Å². The molecule has 0 bridgehead atoms. The van der Waals surface area contributed by atoms with Crippen LogP contribution in [0.2, 0.25) is 0 Å². The molecule has 2 aromatic heterocycles. The number of hydrogen-bond donors (Lipinski definition) is 1. The van der Waals surface area contributed by atoms with Crippen LogP contribution in [0.1, 0.15) is 0 Å². The van der Waals surface area contributed by atoms with Crippen molar-refractivity contribution < 1.29 is 9.66 Å². The molecule has 0 saturated heterocycles. The van der Waals surface area contributed by atoms with Gasteiger partial charge in [-0.25, -0.2) is 0 Å². The first-order chi connectivity index (χ1) is 10.1. The molecule has 2 N–H and O–H groups in total. The van der Waals surface area contributed by atoms with E-state index in [1.54, 1.807) is 24.4 Å². The molecule has 0 fully saturated rings. The van der Waals surface area contributed by atoms with Gasteiger partial charge in [0.25, 0.3) is 0 Å². The van der Waals surface area contributed by atoms with Crippen LogP contribution in [0.25, 0.3) is 10.9 Å². The fraction of sp³-hybridized carbons (Fsp3) is 0. The van der Waals surface area contributed by atoms with Crippen LogP contribution in [-0.2, 0) is 0 Å². The summed E-state index contributed by atoms with van der Waals surface area (Å²) in [6.07, 6.45) is 1.62. The van der Waals surface area contributed by atoms with Crippen LogP contribution < -0.4 is 10.5 Å². The van der Waals surface area contributed by atoms with E-state index >= 15 is 0 Å². The zero-order valence-corrected chi connectivity index (χ0v) is 10.8. The fourth-order valence-electron chi connectivity index (χ4n) is 1.92. The molecule has 0 radical (unpaired) electrons. The molecule has 0 saturated carbocycles. The summed E-state index contributed by atoms with van der Waals surface area (Å²) in [5.74, 6) is 0.372. The predicted molar refractivity (Wildman–Crippen MR) is 77.1 cm³/mol. The van der Waals surface area contributed by atoms with E-state index in [9.17, 15) is 10.1 Å². The average Bonchev–Trinajstić information content (AvgIpc) is 2.47. The van der Waals surface area contributed by atoms with E-state index in [0.717, 1.165) is 5.39 Å². The van der Waals surface area contributed by atoms with E-state index in [1.165, 1.54) is 12.1 Å². The Balaban J connectivity index is 2.11. The second-order valence-corrected chi connectivity index (χ2v) is 4.25. The first kappa shape index (κ1) is 12.8. The van der Waals surface area contributed by atoms with Crippen LogP contribution in [-0.4, -0.2) is 14.9 Å². The summed E-state index contributed by atoms with van der Waals surface area (Å²) in [6, 6.07) is 11.6. The molecular formula is C14H10N4O3. The van der Waals surface area contributed by atoms with Gasteiger partial charge in [0.1, 0.15) is 11.3 Å². The number of fused-ring (bicyclic) bond motifs is 1. The Morgan fingerprint density at radius 3 is 2.76 bits per heavy atom. The molecule has 3 rings (SSSR count). The first-order valence-electron chi connectivity index (χ1n) is 6.07. The Morgan fingerprint density at radius 1 is 1.14 bits per heavy atom. The number of nitro groups is 1. The SMILES string of the molecule is Nc1ccc([N+](=O)[O-])c(Oc2cccc3cccnc23)n1. The van der Waals surface area contributed by atoms with Gasteiger partial charge >= 0.3 is 11.6 Å². The van der Waals surface area contributed by atoms with E-state index in [-0.39, 0.29) is 17.4 Å². The summed E-state index contributed by atoms with van der Waals surface area (Å²) in [7, 11) is 0. The zero-order chi connectivity index (χ0) is 14.8. The van der Waals surface area contributed by atoms with Crippen LogP contribution in [0, 0.1) is 10.1 Å². The molecule has 2 heterocycles. The number of rotatable bonds is 3. The van der Waals surface area contributed by atoms with E-state index in [1.807, 2.05) is 12.1 Å². The van der Waals surface area contributed by atoms with Crippen molar-refractivity contribution in [3.8, 4) is 11.6 Å². The number of nitrogens with zero attached hydrogens (tertiary/aromatic N) is 3. The van der Waals surface area contributed by atoms with Gasteiger partial charge in [0.2, 0.25) is 0 Å². The molecule has 0 spiro atoms. The number of nitrogens with two attached hydrogens (primary N) is 1. The van der Waals surface area contributed by atoms with E-state index < -0.39 is 4.92 Å². The normalized spacial score (nSPS) is 10.5. The van der Waals surface area contributed by atoms with Crippen LogP contribution >= 0.6 is 0 Å². The van der Waals surface area contributed by atoms with Gasteiger partial charge in [-0.2, -0.15) is 4.98 Å². The van der Waals surface area contributed by atoms with Gasteiger partial charge in [0.05, 0.1) is 4.92 Å². The minimum Gasteiger partial charge on any atom is -0.431 e. The molecule has 7 heteroatoms. The topological polar surface area (TPSA) is 104 Å². The highest BCUT2D eigenvalue weighted by Crippen LogP contribution is 2.33. The summed E-state index contributed by atoms with van der Waals surface area (Å²) in [4.78, 5) is 18.5. The third-order valence-corrected chi connectivity index (χ3v) is 2.86. The molecule has 1 aromatic carbocycles. The van der Waals surface area contributed by atoms with Crippen LogP contribution in [0.15, 0.2) is 48.7 Å². The fourth-order valence-corrected chi connectivity index (χ4v) is 1.92. The van der Waals surface area contributed by atoms with Gasteiger partial charge in [-0.05, 0) is 18.2 Å². The number of para-hydroxylation sites is 1. The Hall–Kier alpha value is -3.22. The number of benzene rings is 1. The molecule has 104 valence electrons. The van der Waals surface area contributed by atoms with Crippen molar-refractivity contribution in [2.24, 2.45) is 0 Å². The molecule has 0 aliphatic rings. The third kappa shape index (κ3) is 2.44. The molecule has 3 aromatic rings. The lowest BCUT2D eigenvalue weighted by Crippen LogP contribution is -1.99. The molecule has 0 aliphatic carbocycles. The van der Waals surface area contributed by atoms with Crippen molar-refractivity contribution in [1.82, 2.24) is 9.97 Å². The smallest absolute Gasteiger partial charge is 0.331 e. The van der Waals surface area contributed by atoms with Gasteiger partial charge in [-0.3, -0.25) is 15.1 Å². The number of ether oxygens (including phenoxy) is 1. The Bertz CT molecular complexity index is 830. The Kier molecular flexibility index (Phi) is 3.07. The molecule has 7 nitrogen and oxygen atoms in total. The number of aromatic nitrogens is 2. The highest BCUT2D eigenvalue weighted by Gasteiger charge is 2.19. The van der Waals surface area contributed by atoms with Gasteiger partial charge in [0, 0.05) is 17.6 Å². The van der Waals surface area contributed by atoms with Crippen LogP contribution in [0.3, 0.4) is 0 Å². The molecule has 0 aliphatic heterocycles. The van der Waals surface area contributed by atoms with E-state index in [4.69, 9.17) is 10.5 Å². The maximum absolute atomic E-state index is 11.0. The van der Waals surface area contributed by atoms with Gasteiger partial charge in [0.15, 0.2) is 5.75 Å². The minimum atomic E-state index is -0.569. The quantitative estimate of drug-likeness (QED) is 0.585. The molecular weight excluding hydrogens is 272 g/mol. The molecule has 0 unspecified atom stereocenters. The number of hydrogen-bond acceptors (Lipinski definition) is 6. The monoisotopic (exact) mass is 282 g/mol. The van der Waals surface area contributed by atoms with Gasteiger partial charge in [-0.15, -0.1) is 0 Å². The van der Waals surface area contributed by atoms with Crippen molar-refractivity contribution in [2.75, 3.05) is 5.73 Å². The van der Waals surface area contributed by atoms with Gasteiger partial charge in [-0.1, -0.05) is 18.2 Å². The standard InChI is InChI=1S/C14H10N4O3/c15-12-7-6-10(18(19)20)14(17-12)21-11-5-1-3-9-4-2-8-16-13(9)11/h1-8H,(H2,15,17). The van der Waals surface area contributed by atoms with Crippen molar-refractivity contribution >= 4 is 22.4 Å². The first-order valence-corrected chi connectivity index (χ1v) is 6.07. The largest absolute Gasteiger partial charge is 0.431 e. The van der Waals surface area contributed by atoms with Crippen molar-refractivity contribution in [1.29, 1.82) is 0 Å². The van der Waals surface area contributed by atoms with Crippen LogP contribution in [0.4, 0.5) is 11.5 Å². The zero-order valence-electron chi connectivity index (χ0n) is 10.8. The molecule has 21 heavy (non-hydrogen) atoms. The average molecular weight is 282 g/mol. The van der Waals surface area contributed by atoms with Crippen molar-refractivity contribution in [3.63, 3.8) is 0 Å².